The molecule has 23 heavy (non-hydrogen) atoms. The molecule has 1 aliphatic rings. The molecule has 1 amide bonds. The number of hydrogen-bond donors (Lipinski definition) is 0. The van der Waals surface area contributed by atoms with E-state index in [1.165, 1.54) is 6.20 Å². The van der Waals surface area contributed by atoms with E-state index in [0.717, 1.165) is 22.4 Å². The number of fused-ring (bicyclic) bond motifs is 1. The number of likely N-dealkylation sites (N-methyl/N-ethyl adjacent to an activating group) is 1. The Bertz CT molecular complexity index is 875. The molecule has 0 radical (unpaired) electrons. The lowest BCUT2D eigenvalue weighted by Crippen LogP contribution is -2.20. The van der Waals surface area contributed by atoms with Crippen molar-refractivity contribution >= 4 is 21.4 Å². The highest BCUT2D eigenvalue weighted by Crippen LogP contribution is 2.32. The Kier molecular flexibility index (Phi) is 3.93. The van der Waals surface area contributed by atoms with Gasteiger partial charge in [-0.1, -0.05) is 13.0 Å². The van der Waals surface area contributed by atoms with Crippen LogP contribution in [0.4, 0.5) is 5.69 Å². The van der Waals surface area contributed by atoms with Crippen LogP contribution in [-0.4, -0.2) is 32.1 Å². The zero-order chi connectivity index (χ0) is 16.6. The van der Waals surface area contributed by atoms with Crippen molar-refractivity contribution in [2.24, 2.45) is 0 Å². The Balaban J connectivity index is 2.01. The van der Waals surface area contributed by atoms with Gasteiger partial charge in [0.1, 0.15) is 0 Å². The Hall–Kier alpha value is -2.21. The van der Waals surface area contributed by atoms with Crippen molar-refractivity contribution in [3.8, 4) is 11.1 Å². The second-order valence-electron chi connectivity index (χ2n) is 5.70. The number of amides is 1. The SMILES string of the molecule is CCCS(=O)(=O)c1cncc(-c2ccc3c(c2)CC(=O)N3C)c1. The van der Waals surface area contributed by atoms with Crippen molar-refractivity contribution in [2.75, 3.05) is 17.7 Å². The predicted molar refractivity (Wildman–Crippen MR) is 89.1 cm³/mol. The number of aromatic nitrogens is 1. The summed E-state index contributed by atoms with van der Waals surface area (Å²) in [5.74, 6) is 0.177. The maximum absolute atomic E-state index is 12.2. The summed E-state index contributed by atoms with van der Waals surface area (Å²) in [7, 11) is -1.54. The summed E-state index contributed by atoms with van der Waals surface area (Å²) in [6.07, 6.45) is 3.98. The van der Waals surface area contributed by atoms with Crippen molar-refractivity contribution < 1.29 is 13.2 Å². The number of sulfone groups is 1. The highest BCUT2D eigenvalue weighted by atomic mass is 32.2. The molecule has 0 spiro atoms. The van der Waals surface area contributed by atoms with Crippen molar-refractivity contribution in [1.82, 2.24) is 4.98 Å². The molecule has 5 nitrogen and oxygen atoms in total. The molecule has 0 bridgehead atoms. The second-order valence-corrected chi connectivity index (χ2v) is 7.81. The van der Waals surface area contributed by atoms with Crippen LogP contribution in [0.1, 0.15) is 18.9 Å². The third-order valence-corrected chi connectivity index (χ3v) is 5.92. The van der Waals surface area contributed by atoms with E-state index in [9.17, 15) is 13.2 Å². The van der Waals surface area contributed by atoms with Crippen LogP contribution in [0.15, 0.2) is 41.6 Å². The minimum atomic E-state index is -3.29. The molecule has 2 aromatic rings. The maximum atomic E-state index is 12.2. The first-order chi connectivity index (χ1) is 10.9. The van der Waals surface area contributed by atoms with Gasteiger partial charge in [-0.25, -0.2) is 8.42 Å². The second kappa shape index (κ2) is 5.77. The fourth-order valence-corrected chi connectivity index (χ4v) is 4.08. The number of nitrogens with zero attached hydrogens (tertiary/aromatic N) is 2. The van der Waals surface area contributed by atoms with Crippen LogP contribution < -0.4 is 4.90 Å². The Morgan fingerprint density at radius 1 is 1.17 bits per heavy atom. The van der Waals surface area contributed by atoms with Gasteiger partial charge in [-0.3, -0.25) is 9.78 Å². The fourth-order valence-electron chi connectivity index (χ4n) is 2.78. The Labute approximate surface area is 135 Å². The van der Waals surface area contributed by atoms with Gasteiger partial charge in [-0.15, -0.1) is 0 Å². The lowest BCUT2D eigenvalue weighted by Gasteiger charge is -2.11. The summed E-state index contributed by atoms with van der Waals surface area (Å²) in [6.45, 7) is 1.84. The first-order valence-electron chi connectivity index (χ1n) is 7.50. The van der Waals surface area contributed by atoms with E-state index in [4.69, 9.17) is 0 Å². The average Bonchev–Trinajstić information content (AvgIpc) is 2.82. The number of carbonyl (C=O) groups excluding carboxylic acids is 1. The maximum Gasteiger partial charge on any atom is 0.231 e. The molecule has 0 atom stereocenters. The minimum Gasteiger partial charge on any atom is -0.315 e. The summed E-state index contributed by atoms with van der Waals surface area (Å²) in [5, 5.41) is 0. The summed E-state index contributed by atoms with van der Waals surface area (Å²) >= 11 is 0. The summed E-state index contributed by atoms with van der Waals surface area (Å²) < 4.78 is 24.4. The van der Waals surface area contributed by atoms with Crippen LogP contribution in [0.25, 0.3) is 11.1 Å². The van der Waals surface area contributed by atoms with E-state index in [0.29, 0.717) is 12.8 Å². The van der Waals surface area contributed by atoms with Crippen LogP contribution in [0.3, 0.4) is 0 Å². The van der Waals surface area contributed by atoms with Gasteiger partial charge >= 0.3 is 0 Å². The van der Waals surface area contributed by atoms with E-state index in [-0.39, 0.29) is 16.6 Å². The largest absolute Gasteiger partial charge is 0.315 e. The molecule has 0 N–H and O–H groups in total. The van der Waals surface area contributed by atoms with E-state index >= 15 is 0 Å². The standard InChI is InChI=1S/C17H18N2O3S/c1-3-6-23(21,22)15-8-14(10-18-11-15)12-4-5-16-13(7-12)9-17(20)19(16)2/h4-5,7-8,10-11H,3,6,9H2,1-2H3. The van der Waals surface area contributed by atoms with Gasteiger partial charge in [0, 0.05) is 30.7 Å². The van der Waals surface area contributed by atoms with Gasteiger partial charge in [-0.05, 0) is 35.7 Å². The van der Waals surface area contributed by atoms with Gasteiger partial charge in [0.05, 0.1) is 17.1 Å². The number of hydrogen-bond acceptors (Lipinski definition) is 4. The molecule has 2 heterocycles. The van der Waals surface area contributed by atoms with Crippen LogP contribution in [0.5, 0.6) is 0 Å². The molecule has 120 valence electrons. The molecule has 0 saturated heterocycles. The van der Waals surface area contributed by atoms with E-state index in [1.807, 2.05) is 25.1 Å². The number of pyridine rings is 1. The lowest BCUT2D eigenvalue weighted by molar-refractivity contribution is -0.117. The lowest BCUT2D eigenvalue weighted by atomic mass is 10.0. The first-order valence-corrected chi connectivity index (χ1v) is 9.15. The Morgan fingerprint density at radius 2 is 1.96 bits per heavy atom. The smallest absolute Gasteiger partial charge is 0.231 e. The van der Waals surface area contributed by atoms with Crippen molar-refractivity contribution in [2.45, 2.75) is 24.7 Å². The van der Waals surface area contributed by atoms with Gasteiger partial charge in [-0.2, -0.15) is 0 Å². The van der Waals surface area contributed by atoms with Crippen LogP contribution >= 0.6 is 0 Å². The fraction of sp³-hybridized carbons (Fsp3) is 0.294. The molecule has 0 fully saturated rings. The van der Waals surface area contributed by atoms with E-state index < -0.39 is 9.84 Å². The number of anilines is 1. The summed E-state index contributed by atoms with van der Waals surface area (Å²) in [4.78, 5) is 17.7. The predicted octanol–water partition coefficient (Wildman–Crippen LogP) is 2.45. The van der Waals surface area contributed by atoms with Crippen LogP contribution in [0.2, 0.25) is 0 Å². The first kappa shape index (κ1) is 15.7. The van der Waals surface area contributed by atoms with Gasteiger partial charge in [0.2, 0.25) is 5.91 Å². The Morgan fingerprint density at radius 3 is 2.70 bits per heavy atom. The van der Waals surface area contributed by atoms with Gasteiger partial charge in [0.15, 0.2) is 9.84 Å². The van der Waals surface area contributed by atoms with Crippen molar-refractivity contribution in [1.29, 1.82) is 0 Å². The van der Waals surface area contributed by atoms with Gasteiger partial charge in [0.25, 0.3) is 0 Å². The third kappa shape index (κ3) is 2.86. The number of benzene rings is 1. The van der Waals surface area contributed by atoms with Crippen molar-refractivity contribution in [3.05, 3.63) is 42.2 Å². The third-order valence-electron chi connectivity index (χ3n) is 4.04. The molecule has 1 aliphatic heterocycles. The molecule has 0 unspecified atom stereocenters. The topological polar surface area (TPSA) is 67.3 Å². The average molecular weight is 330 g/mol. The summed E-state index contributed by atoms with van der Waals surface area (Å²) in [6, 6.07) is 7.37. The monoisotopic (exact) mass is 330 g/mol. The zero-order valence-corrected chi connectivity index (χ0v) is 13.9. The van der Waals surface area contributed by atoms with Gasteiger partial charge < -0.3 is 4.90 Å². The molecule has 1 aromatic heterocycles. The highest BCUT2D eigenvalue weighted by molar-refractivity contribution is 7.91. The van der Waals surface area contributed by atoms with E-state index in [1.54, 1.807) is 24.2 Å². The van der Waals surface area contributed by atoms with Crippen molar-refractivity contribution in [3.63, 3.8) is 0 Å². The molecule has 0 saturated carbocycles. The number of rotatable bonds is 4. The van der Waals surface area contributed by atoms with Crippen LogP contribution in [-0.2, 0) is 21.1 Å². The molecular weight excluding hydrogens is 312 g/mol. The zero-order valence-electron chi connectivity index (χ0n) is 13.1. The van der Waals surface area contributed by atoms with Crippen LogP contribution in [0, 0.1) is 0 Å². The molecular formula is C17H18N2O3S. The van der Waals surface area contributed by atoms with E-state index in [2.05, 4.69) is 4.98 Å². The molecule has 1 aromatic carbocycles. The normalized spacial score (nSPS) is 14.2. The quantitative estimate of drug-likeness (QED) is 0.863. The molecule has 0 aliphatic carbocycles. The highest BCUT2D eigenvalue weighted by Gasteiger charge is 2.24. The molecule has 3 rings (SSSR count). The minimum absolute atomic E-state index is 0.0644. The summed E-state index contributed by atoms with van der Waals surface area (Å²) in [5.41, 5.74) is 3.47. The number of carbonyl (C=O) groups is 1. The molecule has 6 heteroatoms.